The van der Waals surface area contributed by atoms with Gasteiger partial charge in [-0.2, -0.15) is 0 Å². The van der Waals surface area contributed by atoms with E-state index in [1.165, 1.54) is 16.7 Å². The van der Waals surface area contributed by atoms with Crippen LogP contribution in [0.5, 0.6) is 5.75 Å². The van der Waals surface area contributed by atoms with E-state index in [0.717, 1.165) is 5.69 Å². The molecule has 1 aromatic heterocycles. The molecule has 0 aliphatic carbocycles. The van der Waals surface area contributed by atoms with E-state index in [0.29, 0.717) is 34.8 Å². The lowest BCUT2D eigenvalue weighted by Crippen LogP contribution is -2.35. The summed E-state index contributed by atoms with van der Waals surface area (Å²) in [6, 6.07) is 16.4. The van der Waals surface area contributed by atoms with Crippen molar-refractivity contribution in [2.75, 3.05) is 18.8 Å². The molecule has 0 saturated carbocycles. The Morgan fingerprint density at radius 1 is 1.13 bits per heavy atom. The Morgan fingerprint density at radius 2 is 1.90 bits per heavy atom. The van der Waals surface area contributed by atoms with Crippen LogP contribution in [0.15, 0.2) is 59.8 Å². The lowest BCUT2D eigenvalue weighted by Gasteiger charge is -2.13. The van der Waals surface area contributed by atoms with Gasteiger partial charge in [-0.15, -0.1) is 10.2 Å². The number of benzene rings is 2. The second kappa shape index (κ2) is 9.19. The number of para-hydroxylation sites is 2. The van der Waals surface area contributed by atoms with Crippen LogP contribution in [-0.4, -0.2) is 50.4 Å². The fourth-order valence-corrected chi connectivity index (χ4v) is 3.98. The Labute approximate surface area is 182 Å². The lowest BCUT2D eigenvalue weighted by molar-refractivity contribution is -0.124. The Balaban J connectivity index is 1.54. The van der Waals surface area contributed by atoms with Crippen LogP contribution in [0, 0.1) is 0 Å². The SMILES string of the molecule is O=C(CSc1nnc(COc2ccccc2Cl)n1-c1ccccc1)N1CCNC1=O. The van der Waals surface area contributed by atoms with Crippen LogP contribution in [0.4, 0.5) is 4.79 Å². The largest absolute Gasteiger partial charge is 0.484 e. The van der Waals surface area contributed by atoms with E-state index < -0.39 is 0 Å². The van der Waals surface area contributed by atoms with Crippen molar-refractivity contribution in [3.63, 3.8) is 0 Å². The number of imide groups is 1. The first kappa shape index (κ1) is 20.2. The summed E-state index contributed by atoms with van der Waals surface area (Å²) in [7, 11) is 0. The normalized spacial score (nSPS) is 13.4. The van der Waals surface area contributed by atoms with Gasteiger partial charge in [-0.25, -0.2) is 4.79 Å². The van der Waals surface area contributed by atoms with E-state index in [1.807, 2.05) is 47.0 Å². The summed E-state index contributed by atoms with van der Waals surface area (Å²) in [4.78, 5) is 25.3. The van der Waals surface area contributed by atoms with Gasteiger partial charge < -0.3 is 10.1 Å². The number of urea groups is 1. The average Bonchev–Trinajstić information content (AvgIpc) is 3.38. The molecule has 3 amide bonds. The standard InChI is InChI=1S/C20H18ClN5O3S/c21-15-8-4-5-9-16(15)29-12-17-23-24-20(26(17)14-6-2-1-3-7-14)30-13-18(27)25-11-10-22-19(25)28/h1-9H,10-13H2,(H,22,28). The number of thioether (sulfide) groups is 1. The molecule has 1 fully saturated rings. The summed E-state index contributed by atoms with van der Waals surface area (Å²) < 4.78 is 7.66. The van der Waals surface area contributed by atoms with Crippen molar-refractivity contribution >= 4 is 35.3 Å². The fraction of sp³-hybridized carbons (Fsp3) is 0.200. The quantitative estimate of drug-likeness (QED) is 0.564. The number of rotatable bonds is 7. The molecule has 2 aromatic carbocycles. The van der Waals surface area contributed by atoms with E-state index in [1.54, 1.807) is 12.1 Å². The van der Waals surface area contributed by atoms with Crippen molar-refractivity contribution in [1.82, 2.24) is 25.0 Å². The van der Waals surface area contributed by atoms with Crippen molar-refractivity contribution in [1.29, 1.82) is 0 Å². The minimum Gasteiger partial charge on any atom is -0.484 e. The van der Waals surface area contributed by atoms with E-state index >= 15 is 0 Å². The first-order chi connectivity index (χ1) is 14.6. The van der Waals surface area contributed by atoms with Gasteiger partial charge in [0.25, 0.3) is 0 Å². The second-order valence-electron chi connectivity index (χ2n) is 6.35. The van der Waals surface area contributed by atoms with E-state index in [9.17, 15) is 9.59 Å². The van der Waals surface area contributed by atoms with Gasteiger partial charge in [0.1, 0.15) is 12.4 Å². The summed E-state index contributed by atoms with van der Waals surface area (Å²) in [5.41, 5.74) is 0.842. The van der Waals surface area contributed by atoms with Crippen LogP contribution in [0.3, 0.4) is 0 Å². The van der Waals surface area contributed by atoms with Crippen LogP contribution < -0.4 is 10.1 Å². The molecule has 1 saturated heterocycles. The maximum absolute atomic E-state index is 12.4. The number of aromatic nitrogens is 3. The fourth-order valence-electron chi connectivity index (χ4n) is 2.94. The molecule has 1 aliphatic heterocycles. The number of ether oxygens (including phenoxy) is 1. The van der Waals surface area contributed by atoms with Gasteiger partial charge in [0.15, 0.2) is 11.0 Å². The molecule has 4 rings (SSSR count). The summed E-state index contributed by atoms with van der Waals surface area (Å²) in [6.07, 6.45) is 0. The number of carbonyl (C=O) groups is 2. The predicted molar refractivity (Wildman–Crippen MR) is 113 cm³/mol. The van der Waals surface area contributed by atoms with E-state index in [4.69, 9.17) is 16.3 Å². The highest BCUT2D eigenvalue weighted by Crippen LogP contribution is 2.26. The van der Waals surface area contributed by atoms with Crippen molar-refractivity contribution in [3.05, 3.63) is 65.4 Å². The predicted octanol–water partition coefficient (Wildman–Crippen LogP) is 3.14. The molecule has 0 bridgehead atoms. The third-order valence-corrected chi connectivity index (χ3v) is 5.62. The molecule has 8 nitrogen and oxygen atoms in total. The van der Waals surface area contributed by atoms with E-state index in [-0.39, 0.29) is 24.3 Å². The van der Waals surface area contributed by atoms with Gasteiger partial charge in [-0.3, -0.25) is 14.3 Å². The van der Waals surface area contributed by atoms with Crippen molar-refractivity contribution in [2.45, 2.75) is 11.8 Å². The molecule has 1 N–H and O–H groups in total. The number of nitrogens with one attached hydrogen (secondary N) is 1. The van der Waals surface area contributed by atoms with Crippen LogP contribution in [0.2, 0.25) is 5.02 Å². The van der Waals surface area contributed by atoms with Crippen LogP contribution in [0.1, 0.15) is 5.82 Å². The highest BCUT2D eigenvalue weighted by Gasteiger charge is 2.26. The summed E-state index contributed by atoms with van der Waals surface area (Å²) in [5, 5.41) is 12.1. The van der Waals surface area contributed by atoms with Gasteiger partial charge in [-0.05, 0) is 24.3 Å². The highest BCUT2D eigenvalue weighted by molar-refractivity contribution is 7.99. The van der Waals surface area contributed by atoms with Crippen LogP contribution in [-0.2, 0) is 11.4 Å². The number of carbonyl (C=O) groups excluding carboxylic acids is 2. The highest BCUT2D eigenvalue weighted by atomic mass is 35.5. The number of halogens is 1. The topological polar surface area (TPSA) is 89.3 Å². The summed E-state index contributed by atoms with van der Waals surface area (Å²) in [6.45, 7) is 0.994. The van der Waals surface area contributed by atoms with Gasteiger partial charge >= 0.3 is 6.03 Å². The molecular formula is C20H18ClN5O3S. The zero-order valence-corrected chi connectivity index (χ0v) is 17.4. The zero-order chi connectivity index (χ0) is 20.9. The van der Waals surface area contributed by atoms with Gasteiger partial charge in [0.2, 0.25) is 5.91 Å². The average molecular weight is 444 g/mol. The van der Waals surface area contributed by atoms with Crippen molar-refractivity contribution in [2.24, 2.45) is 0 Å². The summed E-state index contributed by atoms with van der Waals surface area (Å²) >= 11 is 7.39. The summed E-state index contributed by atoms with van der Waals surface area (Å²) in [5.74, 6) is 0.914. The molecule has 0 atom stereocenters. The van der Waals surface area contributed by atoms with Gasteiger partial charge in [0.05, 0.1) is 10.8 Å². The van der Waals surface area contributed by atoms with Crippen LogP contribution in [0.25, 0.3) is 5.69 Å². The third-order valence-electron chi connectivity index (χ3n) is 4.39. The van der Waals surface area contributed by atoms with Crippen molar-refractivity contribution < 1.29 is 14.3 Å². The van der Waals surface area contributed by atoms with Crippen molar-refractivity contribution in [3.8, 4) is 11.4 Å². The molecule has 0 unspecified atom stereocenters. The van der Waals surface area contributed by atoms with Crippen LogP contribution >= 0.6 is 23.4 Å². The molecule has 30 heavy (non-hydrogen) atoms. The molecule has 0 spiro atoms. The molecule has 0 radical (unpaired) electrons. The number of amides is 3. The lowest BCUT2D eigenvalue weighted by atomic mass is 10.3. The maximum atomic E-state index is 12.4. The second-order valence-corrected chi connectivity index (χ2v) is 7.70. The Hall–Kier alpha value is -3.04. The number of nitrogens with zero attached hydrogens (tertiary/aromatic N) is 4. The smallest absolute Gasteiger partial charge is 0.324 e. The maximum Gasteiger partial charge on any atom is 0.324 e. The monoisotopic (exact) mass is 443 g/mol. The number of hydrogen-bond donors (Lipinski definition) is 1. The molecule has 1 aliphatic rings. The Morgan fingerprint density at radius 3 is 2.63 bits per heavy atom. The number of hydrogen-bond acceptors (Lipinski definition) is 6. The minimum absolute atomic E-state index is 0.0732. The third kappa shape index (κ3) is 4.42. The Bertz CT molecular complexity index is 1060. The zero-order valence-electron chi connectivity index (χ0n) is 15.8. The Kier molecular flexibility index (Phi) is 6.20. The molecular weight excluding hydrogens is 426 g/mol. The first-order valence-electron chi connectivity index (χ1n) is 9.21. The molecule has 3 aromatic rings. The van der Waals surface area contributed by atoms with Gasteiger partial charge in [-0.1, -0.05) is 53.7 Å². The van der Waals surface area contributed by atoms with E-state index in [2.05, 4.69) is 15.5 Å². The minimum atomic E-state index is -0.362. The molecule has 10 heteroatoms. The first-order valence-corrected chi connectivity index (χ1v) is 10.6. The van der Waals surface area contributed by atoms with Gasteiger partial charge in [0, 0.05) is 18.8 Å². The molecule has 2 heterocycles. The molecule has 154 valence electrons.